The van der Waals surface area contributed by atoms with Crippen molar-refractivity contribution in [3.63, 3.8) is 0 Å². The van der Waals surface area contributed by atoms with Gasteiger partial charge in [0, 0.05) is 20.8 Å². The van der Waals surface area contributed by atoms with Crippen LogP contribution in [0.2, 0.25) is 0 Å². The van der Waals surface area contributed by atoms with Crippen molar-refractivity contribution >= 4 is 39.7 Å². The van der Waals surface area contributed by atoms with Crippen molar-refractivity contribution in [3.8, 4) is 0 Å². The third kappa shape index (κ3) is 3.44. The van der Waals surface area contributed by atoms with Crippen LogP contribution in [-0.2, 0) is 0 Å². The molecule has 0 aliphatic carbocycles. The summed E-state index contributed by atoms with van der Waals surface area (Å²) in [5, 5.41) is 2.07. The van der Waals surface area contributed by atoms with Gasteiger partial charge in [0.25, 0.3) is 0 Å². The Kier molecular flexibility index (Phi) is 6.19. The highest BCUT2D eigenvalue weighted by atomic mass is 79.9. The summed E-state index contributed by atoms with van der Waals surface area (Å²) in [5.41, 5.74) is 5.91. The van der Waals surface area contributed by atoms with E-state index in [0.29, 0.717) is 0 Å². The van der Waals surface area contributed by atoms with Crippen LogP contribution in [0.3, 0.4) is 0 Å². The molecule has 12 heavy (non-hydrogen) atoms. The molecule has 70 valence electrons. The second kappa shape index (κ2) is 5.97. The SMILES string of the molecule is CCC[C@@H](N)c1cc(Br)cs1.Cl. The minimum absolute atomic E-state index is 0. The molecule has 4 heteroatoms. The van der Waals surface area contributed by atoms with E-state index in [1.807, 2.05) is 0 Å². The molecule has 1 aromatic rings. The maximum atomic E-state index is 5.91. The molecule has 0 spiro atoms. The molecule has 0 aromatic carbocycles. The quantitative estimate of drug-likeness (QED) is 0.890. The number of nitrogens with two attached hydrogens (primary N) is 1. The van der Waals surface area contributed by atoms with Crippen LogP contribution in [0.25, 0.3) is 0 Å². The minimum atomic E-state index is 0. The second-order valence-electron chi connectivity index (χ2n) is 2.56. The molecular formula is C8H13BrClNS. The van der Waals surface area contributed by atoms with Crippen molar-refractivity contribution in [3.05, 3.63) is 20.8 Å². The number of rotatable bonds is 3. The predicted octanol–water partition coefficient (Wildman–Crippen LogP) is 3.73. The number of hydrogen-bond acceptors (Lipinski definition) is 2. The van der Waals surface area contributed by atoms with Crippen LogP contribution in [-0.4, -0.2) is 0 Å². The number of hydrogen-bond donors (Lipinski definition) is 1. The summed E-state index contributed by atoms with van der Waals surface area (Å²) < 4.78 is 1.14. The Labute approximate surface area is 91.9 Å². The molecule has 1 nitrogen and oxygen atoms in total. The predicted molar refractivity (Wildman–Crippen MR) is 61.1 cm³/mol. The van der Waals surface area contributed by atoms with Crippen LogP contribution in [0, 0.1) is 0 Å². The molecule has 1 heterocycles. The van der Waals surface area contributed by atoms with Gasteiger partial charge in [0.05, 0.1) is 0 Å². The van der Waals surface area contributed by atoms with Gasteiger partial charge < -0.3 is 5.73 Å². The highest BCUT2D eigenvalue weighted by molar-refractivity contribution is 9.10. The van der Waals surface area contributed by atoms with E-state index >= 15 is 0 Å². The van der Waals surface area contributed by atoms with Crippen molar-refractivity contribution in [2.45, 2.75) is 25.8 Å². The van der Waals surface area contributed by atoms with Crippen molar-refractivity contribution in [1.82, 2.24) is 0 Å². The Morgan fingerprint density at radius 1 is 1.67 bits per heavy atom. The Morgan fingerprint density at radius 2 is 2.33 bits per heavy atom. The van der Waals surface area contributed by atoms with E-state index in [1.165, 1.54) is 4.88 Å². The van der Waals surface area contributed by atoms with E-state index in [9.17, 15) is 0 Å². The maximum absolute atomic E-state index is 5.91. The third-order valence-corrected chi connectivity index (χ3v) is 3.38. The van der Waals surface area contributed by atoms with Crippen molar-refractivity contribution in [1.29, 1.82) is 0 Å². The Hall–Kier alpha value is 0.430. The topological polar surface area (TPSA) is 26.0 Å². The lowest BCUT2D eigenvalue weighted by molar-refractivity contribution is 0.648. The Bertz CT molecular complexity index is 227. The zero-order valence-electron chi connectivity index (χ0n) is 6.92. The maximum Gasteiger partial charge on any atom is 0.0390 e. The lowest BCUT2D eigenvalue weighted by Gasteiger charge is -2.05. The molecule has 1 atom stereocenters. The van der Waals surface area contributed by atoms with E-state index < -0.39 is 0 Å². The molecule has 0 aliphatic heterocycles. The molecule has 0 saturated carbocycles. The first kappa shape index (κ1) is 12.4. The monoisotopic (exact) mass is 269 g/mol. The van der Waals surface area contributed by atoms with Gasteiger partial charge in [-0.05, 0) is 28.4 Å². The molecule has 0 aliphatic rings. The zero-order chi connectivity index (χ0) is 8.27. The molecule has 1 aromatic heterocycles. The summed E-state index contributed by atoms with van der Waals surface area (Å²) in [5.74, 6) is 0. The average Bonchev–Trinajstić information content (AvgIpc) is 2.36. The number of thiophene rings is 1. The van der Waals surface area contributed by atoms with E-state index in [4.69, 9.17) is 5.73 Å². The summed E-state index contributed by atoms with van der Waals surface area (Å²) in [6.07, 6.45) is 2.23. The van der Waals surface area contributed by atoms with Gasteiger partial charge in [0.2, 0.25) is 0 Å². The van der Waals surface area contributed by atoms with Crippen molar-refractivity contribution in [2.75, 3.05) is 0 Å². The summed E-state index contributed by atoms with van der Waals surface area (Å²) >= 11 is 5.13. The number of halogens is 2. The van der Waals surface area contributed by atoms with Crippen LogP contribution < -0.4 is 5.73 Å². The highest BCUT2D eigenvalue weighted by Crippen LogP contribution is 2.26. The molecule has 0 radical (unpaired) electrons. The van der Waals surface area contributed by atoms with Crippen LogP contribution in [0.15, 0.2) is 15.9 Å². The summed E-state index contributed by atoms with van der Waals surface area (Å²) in [6.45, 7) is 2.16. The first-order valence-corrected chi connectivity index (χ1v) is 5.40. The first-order valence-electron chi connectivity index (χ1n) is 3.73. The molecule has 0 bridgehead atoms. The van der Waals surface area contributed by atoms with Crippen LogP contribution in [0.4, 0.5) is 0 Å². The Morgan fingerprint density at radius 3 is 2.75 bits per heavy atom. The Balaban J connectivity index is 0.00000121. The van der Waals surface area contributed by atoms with E-state index in [1.54, 1.807) is 11.3 Å². The third-order valence-electron chi connectivity index (χ3n) is 1.55. The second-order valence-corrected chi connectivity index (χ2v) is 4.42. The van der Waals surface area contributed by atoms with E-state index in [-0.39, 0.29) is 18.4 Å². The molecular weight excluding hydrogens is 258 g/mol. The van der Waals surface area contributed by atoms with E-state index in [0.717, 1.165) is 17.3 Å². The first-order chi connectivity index (χ1) is 5.24. The molecule has 1 rings (SSSR count). The summed E-state index contributed by atoms with van der Waals surface area (Å²) in [6, 6.07) is 2.33. The van der Waals surface area contributed by atoms with Crippen molar-refractivity contribution in [2.24, 2.45) is 5.73 Å². The lowest BCUT2D eigenvalue weighted by atomic mass is 10.1. The van der Waals surface area contributed by atoms with Gasteiger partial charge in [-0.15, -0.1) is 23.7 Å². The van der Waals surface area contributed by atoms with Crippen LogP contribution in [0.1, 0.15) is 30.7 Å². The molecule has 0 saturated heterocycles. The molecule has 0 fully saturated rings. The van der Waals surface area contributed by atoms with Gasteiger partial charge in [-0.2, -0.15) is 0 Å². The van der Waals surface area contributed by atoms with Crippen molar-refractivity contribution < 1.29 is 0 Å². The van der Waals surface area contributed by atoms with Gasteiger partial charge in [-0.25, -0.2) is 0 Å². The normalized spacial score (nSPS) is 12.2. The van der Waals surface area contributed by atoms with E-state index in [2.05, 4.69) is 34.3 Å². The van der Waals surface area contributed by atoms with Gasteiger partial charge in [-0.1, -0.05) is 13.3 Å². The van der Waals surface area contributed by atoms with Crippen LogP contribution in [0.5, 0.6) is 0 Å². The standard InChI is InChI=1S/C8H12BrNS.ClH/c1-2-3-7(10)8-4-6(9)5-11-8;/h4-5,7H,2-3,10H2,1H3;1H/t7-;/m1./s1. The van der Waals surface area contributed by atoms with Crippen LogP contribution >= 0.6 is 39.7 Å². The average molecular weight is 271 g/mol. The minimum Gasteiger partial charge on any atom is -0.323 e. The fourth-order valence-electron chi connectivity index (χ4n) is 0.976. The zero-order valence-corrected chi connectivity index (χ0v) is 10.1. The largest absolute Gasteiger partial charge is 0.323 e. The smallest absolute Gasteiger partial charge is 0.0390 e. The van der Waals surface area contributed by atoms with Gasteiger partial charge in [-0.3, -0.25) is 0 Å². The fraction of sp³-hybridized carbons (Fsp3) is 0.500. The molecule has 0 unspecified atom stereocenters. The highest BCUT2D eigenvalue weighted by Gasteiger charge is 2.06. The summed E-state index contributed by atoms with van der Waals surface area (Å²) in [7, 11) is 0. The van der Waals surface area contributed by atoms with Gasteiger partial charge in [0.15, 0.2) is 0 Å². The van der Waals surface area contributed by atoms with Gasteiger partial charge in [0.1, 0.15) is 0 Å². The molecule has 0 amide bonds. The summed E-state index contributed by atoms with van der Waals surface area (Å²) in [4.78, 5) is 1.28. The van der Waals surface area contributed by atoms with Gasteiger partial charge >= 0.3 is 0 Å². The fourth-order valence-corrected chi connectivity index (χ4v) is 2.46. The lowest BCUT2D eigenvalue weighted by Crippen LogP contribution is -2.07. The molecule has 2 N–H and O–H groups in total.